The third kappa shape index (κ3) is 3.68. The predicted molar refractivity (Wildman–Crippen MR) is 45.6 cm³/mol. The highest BCUT2D eigenvalue weighted by molar-refractivity contribution is 6.52. The molecule has 0 bridgehead atoms. The Bertz CT molecular complexity index is 85.9. The minimum atomic E-state index is -0.927. The Labute approximate surface area is 73.2 Å². The van der Waals surface area contributed by atoms with Crippen molar-refractivity contribution < 1.29 is 4.43 Å². The Morgan fingerprint density at radius 1 is 1.67 bits per heavy atom. The summed E-state index contributed by atoms with van der Waals surface area (Å²) < 4.78 is 3.93. The first-order valence-electron chi connectivity index (χ1n) is 2.51. The van der Waals surface area contributed by atoms with E-state index in [2.05, 4.69) is 0 Å². The molecular formula is C4H9Cl3OSi. The van der Waals surface area contributed by atoms with Crippen LogP contribution in [0, 0.1) is 0 Å². The number of rotatable bonds is 3. The molecule has 0 aromatic carbocycles. The third-order valence-electron chi connectivity index (χ3n) is 0.919. The van der Waals surface area contributed by atoms with Crippen LogP contribution in [0.15, 0.2) is 0 Å². The Morgan fingerprint density at radius 2 is 2.11 bits per heavy atom. The van der Waals surface area contributed by atoms with Crippen LogP contribution in [0.1, 0.15) is 6.92 Å². The monoisotopic (exact) mass is 206 g/mol. The number of halogens is 3. The van der Waals surface area contributed by atoms with Crippen molar-refractivity contribution in [1.29, 1.82) is 0 Å². The van der Waals surface area contributed by atoms with Gasteiger partial charge in [0.1, 0.15) is 10.5 Å². The molecule has 1 unspecified atom stereocenters. The highest BCUT2D eigenvalue weighted by Crippen LogP contribution is 2.28. The van der Waals surface area contributed by atoms with Crippen LogP contribution in [0.3, 0.4) is 0 Å². The molecular weight excluding hydrogens is 198 g/mol. The molecule has 0 aliphatic heterocycles. The minimum absolute atomic E-state index is 0.283. The molecule has 0 aliphatic rings. The molecule has 0 aliphatic carbocycles. The third-order valence-corrected chi connectivity index (χ3v) is 2.68. The zero-order chi connectivity index (χ0) is 7.49. The fourth-order valence-corrected chi connectivity index (χ4v) is 1.41. The van der Waals surface area contributed by atoms with Gasteiger partial charge < -0.3 is 4.43 Å². The fraction of sp³-hybridized carbons (Fsp3) is 1.00. The zero-order valence-corrected chi connectivity index (χ0v) is 9.59. The predicted octanol–water partition coefficient (Wildman–Crippen LogP) is 1.08. The van der Waals surface area contributed by atoms with Gasteiger partial charge in [-0.1, -0.05) is 23.2 Å². The minimum Gasteiger partial charge on any atom is -0.425 e. The van der Waals surface area contributed by atoms with Crippen molar-refractivity contribution in [3.05, 3.63) is 0 Å². The standard InChI is InChI=1S/C4H9Cl3OSi/c1-3(5)4(6,7)2-8-9/h3H,2H2,1,9H3. The summed E-state index contributed by atoms with van der Waals surface area (Å²) in [6.07, 6.45) is 0. The van der Waals surface area contributed by atoms with E-state index >= 15 is 0 Å². The van der Waals surface area contributed by atoms with Crippen LogP contribution in [-0.2, 0) is 4.43 Å². The van der Waals surface area contributed by atoms with Gasteiger partial charge in [-0.25, -0.2) is 0 Å². The summed E-state index contributed by atoms with van der Waals surface area (Å²) >= 11 is 17.0. The van der Waals surface area contributed by atoms with Crippen LogP contribution in [-0.4, -0.2) is 26.8 Å². The molecule has 0 aromatic rings. The van der Waals surface area contributed by atoms with Gasteiger partial charge in [0.2, 0.25) is 0 Å². The summed E-state index contributed by atoms with van der Waals surface area (Å²) in [5, 5.41) is -0.283. The molecule has 1 atom stereocenters. The van der Waals surface area contributed by atoms with Crippen molar-refractivity contribution in [2.24, 2.45) is 0 Å². The Morgan fingerprint density at radius 3 is 2.22 bits per heavy atom. The Hall–Kier alpha value is 1.05. The van der Waals surface area contributed by atoms with Crippen molar-refractivity contribution >= 4 is 45.3 Å². The summed E-state index contributed by atoms with van der Waals surface area (Å²) in [5.74, 6) is 0. The molecule has 1 nitrogen and oxygen atoms in total. The number of hydrogen-bond donors (Lipinski definition) is 0. The molecule has 0 amide bonds. The second kappa shape index (κ2) is 4.04. The first-order valence-corrected chi connectivity index (χ1v) is 4.52. The van der Waals surface area contributed by atoms with Gasteiger partial charge in [-0.05, 0) is 6.92 Å². The average Bonchev–Trinajstić information content (AvgIpc) is 1.65. The van der Waals surface area contributed by atoms with Gasteiger partial charge in [0, 0.05) is 0 Å². The lowest BCUT2D eigenvalue weighted by atomic mass is 10.3. The van der Waals surface area contributed by atoms with E-state index < -0.39 is 4.33 Å². The molecule has 0 heterocycles. The largest absolute Gasteiger partial charge is 0.425 e. The van der Waals surface area contributed by atoms with E-state index in [1.807, 2.05) is 0 Å². The quantitative estimate of drug-likeness (QED) is 0.497. The topological polar surface area (TPSA) is 9.23 Å². The highest BCUT2D eigenvalue weighted by atomic mass is 35.5. The molecule has 5 heteroatoms. The van der Waals surface area contributed by atoms with Crippen molar-refractivity contribution in [1.82, 2.24) is 0 Å². The molecule has 56 valence electrons. The van der Waals surface area contributed by atoms with Gasteiger partial charge in [-0.3, -0.25) is 0 Å². The maximum Gasteiger partial charge on any atom is 0.156 e. The van der Waals surface area contributed by atoms with E-state index in [4.69, 9.17) is 39.2 Å². The lowest BCUT2D eigenvalue weighted by molar-refractivity contribution is 0.329. The van der Waals surface area contributed by atoms with E-state index in [0.29, 0.717) is 17.1 Å². The van der Waals surface area contributed by atoms with Crippen molar-refractivity contribution in [2.75, 3.05) is 6.61 Å². The summed E-state index contributed by atoms with van der Waals surface area (Å²) in [6.45, 7) is 2.05. The van der Waals surface area contributed by atoms with Crippen molar-refractivity contribution in [3.63, 3.8) is 0 Å². The van der Waals surface area contributed by atoms with Crippen LogP contribution in [0.25, 0.3) is 0 Å². The van der Waals surface area contributed by atoms with Crippen molar-refractivity contribution in [2.45, 2.75) is 16.6 Å². The van der Waals surface area contributed by atoms with E-state index in [1.165, 1.54) is 0 Å². The maximum atomic E-state index is 5.70. The SMILES string of the molecule is CC(Cl)C(Cl)(Cl)CO[SiH3]. The van der Waals surface area contributed by atoms with Crippen molar-refractivity contribution in [3.8, 4) is 0 Å². The summed E-state index contributed by atoms with van der Waals surface area (Å²) in [6, 6.07) is 0. The Balaban J connectivity index is 3.70. The molecule has 0 rings (SSSR count). The van der Waals surface area contributed by atoms with Gasteiger partial charge in [0.25, 0.3) is 0 Å². The fourth-order valence-electron chi connectivity index (χ4n) is 0.307. The van der Waals surface area contributed by atoms with Gasteiger partial charge in [-0.2, -0.15) is 0 Å². The first kappa shape index (κ1) is 10.0. The zero-order valence-electron chi connectivity index (χ0n) is 5.33. The second-order valence-corrected chi connectivity index (χ2v) is 4.58. The normalized spacial score (nSPS) is 16.0. The van der Waals surface area contributed by atoms with Crippen LogP contribution in [0.4, 0.5) is 0 Å². The molecule has 0 fully saturated rings. The lowest BCUT2D eigenvalue weighted by Crippen LogP contribution is -2.29. The summed E-state index contributed by atoms with van der Waals surface area (Å²) in [5.41, 5.74) is 0. The number of alkyl halides is 3. The molecule has 9 heavy (non-hydrogen) atoms. The molecule has 0 saturated carbocycles. The molecule has 0 aromatic heterocycles. The smallest absolute Gasteiger partial charge is 0.156 e. The van der Waals surface area contributed by atoms with Crippen LogP contribution in [0.5, 0.6) is 0 Å². The van der Waals surface area contributed by atoms with Gasteiger partial charge in [0.15, 0.2) is 4.33 Å². The molecule has 0 saturated heterocycles. The summed E-state index contributed by atoms with van der Waals surface area (Å²) in [4.78, 5) is 0. The maximum absolute atomic E-state index is 5.70. The highest BCUT2D eigenvalue weighted by Gasteiger charge is 2.29. The lowest BCUT2D eigenvalue weighted by Gasteiger charge is -2.20. The molecule has 0 radical (unpaired) electrons. The summed E-state index contributed by atoms with van der Waals surface area (Å²) in [7, 11) is 0.638. The Kier molecular flexibility index (Phi) is 4.51. The van der Waals surface area contributed by atoms with Crippen LogP contribution in [0.2, 0.25) is 0 Å². The van der Waals surface area contributed by atoms with Crippen LogP contribution >= 0.6 is 34.8 Å². The molecule has 0 spiro atoms. The van der Waals surface area contributed by atoms with Gasteiger partial charge >= 0.3 is 0 Å². The first-order chi connectivity index (χ1) is 4.00. The van der Waals surface area contributed by atoms with E-state index in [-0.39, 0.29) is 5.38 Å². The van der Waals surface area contributed by atoms with Crippen LogP contribution < -0.4 is 0 Å². The molecule has 0 N–H and O–H groups in total. The van der Waals surface area contributed by atoms with Gasteiger partial charge in [0.05, 0.1) is 12.0 Å². The van der Waals surface area contributed by atoms with E-state index in [9.17, 15) is 0 Å². The number of hydrogen-bond acceptors (Lipinski definition) is 1. The van der Waals surface area contributed by atoms with E-state index in [1.54, 1.807) is 6.92 Å². The van der Waals surface area contributed by atoms with E-state index in [0.717, 1.165) is 0 Å². The average molecular weight is 208 g/mol. The van der Waals surface area contributed by atoms with Gasteiger partial charge in [-0.15, -0.1) is 11.6 Å². The second-order valence-electron chi connectivity index (χ2n) is 1.81.